The molecule has 3 aromatic carbocycles. The SMILES string of the molecule is COC(=O)C(CNC(=O)c1ccc2cccc(-c3cccc4ccccc34)c2n1)NS(N)=O. The number of hydrogen-bond acceptors (Lipinski definition) is 5. The second-order valence-corrected chi connectivity index (χ2v) is 8.13. The zero-order valence-corrected chi connectivity index (χ0v) is 18.6. The van der Waals surface area contributed by atoms with Crippen LogP contribution in [0.2, 0.25) is 0 Å². The average Bonchev–Trinajstić information content (AvgIpc) is 2.84. The van der Waals surface area contributed by atoms with Gasteiger partial charge in [-0.3, -0.25) is 9.59 Å². The van der Waals surface area contributed by atoms with Crippen molar-refractivity contribution in [3.63, 3.8) is 0 Å². The quantitative estimate of drug-likeness (QED) is 0.364. The molecule has 0 aliphatic heterocycles. The van der Waals surface area contributed by atoms with Gasteiger partial charge in [0.25, 0.3) is 5.91 Å². The number of fused-ring (bicyclic) bond motifs is 2. The van der Waals surface area contributed by atoms with Crippen LogP contribution in [0.3, 0.4) is 0 Å². The molecule has 0 saturated carbocycles. The summed E-state index contributed by atoms with van der Waals surface area (Å²) in [6.45, 7) is -0.168. The number of benzene rings is 3. The van der Waals surface area contributed by atoms with E-state index in [2.05, 4.69) is 38.0 Å². The second kappa shape index (κ2) is 9.86. The van der Waals surface area contributed by atoms with Crippen molar-refractivity contribution in [2.75, 3.05) is 13.7 Å². The molecule has 8 nitrogen and oxygen atoms in total. The van der Waals surface area contributed by atoms with E-state index < -0.39 is 29.1 Å². The van der Waals surface area contributed by atoms with Crippen LogP contribution in [0.15, 0.2) is 72.8 Å². The lowest BCUT2D eigenvalue weighted by Crippen LogP contribution is -2.48. The minimum absolute atomic E-state index is 0.168. The molecule has 2 atom stereocenters. The third-order valence-electron chi connectivity index (χ3n) is 5.24. The Morgan fingerprint density at radius 1 is 0.970 bits per heavy atom. The van der Waals surface area contributed by atoms with Gasteiger partial charge in [0.15, 0.2) is 11.2 Å². The highest BCUT2D eigenvalue weighted by atomic mass is 32.2. The van der Waals surface area contributed by atoms with E-state index in [1.54, 1.807) is 6.07 Å². The maximum absolute atomic E-state index is 12.8. The number of para-hydroxylation sites is 1. The number of pyridine rings is 1. The lowest BCUT2D eigenvalue weighted by molar-refractivity contribution is -0.142. The molecule has 0 aliphatic rings. The van der Waals surface area contributed by atoms with Crippen LogP contribution in [-0.2, 0) is 20.7 Å². The van der Waals surface area contributed by atoms with E-state index in [4.69, 9.17) is 5.14 Å². The summed E-state index contributed by atoms with van der Waals surface area (Å²) in [6, 6.07) is 22.4. The first-order valence-corrected chi connectivity index (χ1v) is 11.4. The number of ether oxygens (including phenoxy) is 1. The maximum Gasteiger partial charge on any atom is 0.325 e. The van der Waals surface area contributed by atoms with Crippen LogP contribution in [0.4, 0.5) is 0 Å². The van der Waals surface area contributed by atoms with Crippen LogP contribution in [0.5, 0.6) is 0 Å². The number of aromatic nitrogens is 1. The Kier molecular flexibility index (Phi) is 6.74. The summed E-state index contributed by atoms with van der Waals surface area (Å²) in [6.07, 6.45) is 0. The number of hydrogen-bond donors (Lipinski definition) is 3. The highest BCUT2D eigenvalue weighted by molar-refractivity contribution is 7.80. The molecule has 0 radical (unpaired) electrons. The fourth-order valence-corrected chi connectivity index (χ4v) is 4.15. The second-order valence-electron chi connectivity index (χ2n) is 7.30. The normalized spacial score (nSPS) is 12.9. The Morgan fingerprint density at radius 3 is 2.42 bits per heavy atom. The first-order chi connectivity index (χ1) is 16.0. The summed E-state index contributed by atoms with van der Waals surface area (Å²) < 4.78 is 18.3. The molecule has 9 heteroatoms. The van der Waals surface area contributed by atoms with Crippen LogP contribution in [-0.4, -0.2) is 40.8 Å². The fraction of sp³-hybridized carbons (Fsp3) is 0.125. The van der Waals surface area contributed by atoms with Crippen LogP contribution in [0.25, 0.3) is 32.8 Å². The molecule has 0 fully saturated rings. The van der Waals surface area contributed by atoms with Gasteiger partial charge in [0, 0.05) is 17.5 Å². The number of methoxy groups -OCH3 is 1. The highest BCUT2D eigenvalue weighted by Crippen LogP contribution is 2.33. The van der Waals surface area contributed by atoms with Gasteiger partial charge in [-0.2, -0.15) is 0 Å². The summed E-state index contributed by atoms with van der Waals surface area (Å²) in [7, 11) is 1.19. The van der Waals surface area contributed by atoms with Crippen LogP contribution >= 0.6 is 0 Å². The number of nitrogens with zero attached hydrogens (tertiary/aromatic N) is 1. The molecule has 1 amide bonds. The van der Waals surface area contributed by atoms with Gasteiger partial charge in [-0.05, 0) is 22.4 Å². The summed E-state index contributed by atoms with van der Waals surface area (Å²) in [5.74, 6) is -1.18. The van der Waals surface area contributed by atoms with Gasteiger partial charge in [-0.15, -0.1) is 0 Å². The topological polar surface area (TPSA) is 123 Å². The summed E-state index contributed by atoms with van der Waals surface area (Å²) in [4.78, 5) is 29.3. The van der Waals surface area contributed by atoms with Crippen molar-refractivity contribution in [3.05, 3.63) is 78.5 Å². The van der Waals surface area contributed by atoms with Gasteiger partial charge in [0.2, 0.25) is 0 Å². The van der Waals surface area contributed by atoms with Crippen LogP contribution in [0.1, 0.15) is 10.5 Å². The highest BCUT2D eigenvalue weighted by Gasteiger charge is 2.22. The number of amides is 1. The molecule has 2 unspecified atom stereocenters. The molecule has 4 rings (SSSR count). The van der Waals surface area contributed by atoms with Crippen molar-refractivity contribution in [2.24, 2.45) is 5.14 Å². The van der Waals surface area contributed by atoms with E-state index in [0.29, 0.717) is 5.52 Å². The molecular weight excluding hydrogens is 440 g/mol. The number of esters is 1. The zero-order chi connectivity index (χ0) is 23.4. The number of rotatable bonds is 7. The predicted octanol–water partition coefficient (Wildman–Crippen LogP) is 2.45. The Morgan fingerprint density at radius 2 is 1.67 bits per heavy atom. The lowest BCUT2D eigenvalue weighted by Gasteiger charge is -2.15. The van der Waals surface area contributed by atoms with E-state index in [9.17, 15) is 13.8 Å². The molecule has 0 saturated heterocycles. The third kappa shape index (κ3) is 4.90. The molecule has 1 heterocycles. The van der Waals surface area contributed by atoms with Gasteiger partial charge in [0.05, 0.1) is 12.6 Å². The Hall–Kier alpha value is -3.66. The smallest absolute Gasteiger partial charge is 0.325 e. The average molecular weight is 463 g/mol. The molecule has 33 heavy (non-hydrogen) atoms. The van der Waals surface area contributed by atoms with E-state index in [0.717, 1.165) is 27.3 Å². The van der Waals surface area contributed by atoms with Crippen LogP contribution in [0, 0.1) is 0 Å². The van der Waals surface area contributed by atoms with Crippen molar-refractivity contribution in [1.29, 1.82) is 0 Å². The van der Waals surface area contributed by atoms with Crippen molar-refractivity contribution in [3.8, 4) is 11.1 Å². The fourth-order valence-electron chi connectivity index (χ4n) is 3.69. The van der Waals surface area contributed by atoms with Gasteiger partial charge in [-0.1, -0.05) is 66.7 Å². The van der Waals surface area contributed by atoms with Crippen LogP contribution < -0.4 is 15.2 Å². The zero-order valence-electron chi connectivity index (χ0n) is 17.8. The van der Waals surface area contributed by atoms with E-state index in [-0.39, 0.29) is 12.2 Å². The van der Waals surface area contributed by atoms with Gasteiger partial charge < -0.3 is 10.1 Å². The molecule has 4 aromatic rings. The minimum Gasteiger partial charge on any atom is -0.468 e. The van der Waals surface area contributed by atoms with Crippen molar-refractivity contribution >= 4 is 44.7 Å². The molecule has 4 N–H and O–H groups in total. The number of nitrogens with one attached hydrogen (secondary N) is 2. The van der Waals surface area contributed by atoms with Crippen molar-refractivity contribution < 1.29 is 18.5 Å². The standard InChI is InChI=1S/C24H22N4O4S/c1-32-24(30)21(28-33(25)31)14-26-23(29)20-13-12-16-8-5-11-19(22(16)27-20)18-10-4-7-15-6-2-3-9-17(15)18/h2-13,21,28H,14,25H2,1H3,(H,26,29). The Labute approximate surface area is 192 Å². The molecule has 168 valence electrons. The summed E-state index contributed by atoms with van der Waals surface area (Å²) in [5, 5.41) is 10.9. The minimum atomic E-state index is -1.95. The number of nitrogens with two attached hydrogens (primary N) is 1. The van der Waals surface area contributed by atoms with Gasteiger partial charge >= 0.3 is 5.97 Å². The maximum atomic E-state index is 12.8. The van der Waals surface area contributed by atoms with Gasteiger partial charge in [0.1, 0.15) is 11.7 Å². The Balaban J connectivity index is 1.67. The van der Waals surface area contributed by atoms with Crippen molar-refractivity contribution in [1.82, 2.24) is 15.0 Å². The molecule has 0 spiro atoms. The first-order valence-electron chi connectivity index (χ1n) is 10.1. The molecule has 0 aliphatic carbocycles. The summed E-state index contributed by atoms with van der Waals surface area (Å²) in [5.41, 5.74) is 2.80. The molecule has 0 bridgehead atoms. The summed E-state index contributed by atoms with van der Waals surface area (Å²) >= 11 is -1.95. The van der Waals surface area contributed by atoms with Crippen molar-refractivity contribution in [2.45, 2.75) is 6.04 Å². The van der Waals surface area contributed by atoms with Gasteiger partial charge in [-0.25, -0.2) is 19.1 Å². The van der Waals surface area contributed by atoms with E-state index in [1.807, 2.05) is 48.5 Å². The predicted molar refractivity (Wildman–Crippen MR) is 128 cm³/mol. The Bertz CT molecular complexity index is 1370. The largest absolute Gasteiger partial charge is 0.468 e. The van der Waals surface area contributed by atoms with E-state index >= 15 is 0 Å². The third-order valence-corrected chi connectivity index (χ3v) is 5.76. The van der Waals surface area contributed by atoms with E-state index in [1.165, 1.54) is 7.11 Å². The monoisotopic (exact) mass is 462 g/mol. The first kappa shape index (κ1) is 22.5. The molecule has 1 aromatic heterocycles. The lowest BCUT2D eigenvalue weighted by atomic mass is 9.96. The molecular formula is C24H22N4O4S. The number of carbonyl (C=O) groups excluding carboxylic acids is 2. The number of carbonyl (C=O) groups is 2.